The number of aryl methyl sites for hydroxylation is 1. The molecule has 0 aliphatic carbocycles. The molecule has 132 valence electrons. The number of benzene rings is 1. The standard InChI is InChI=1S/C21H31FN2/c1-12-15(19(2,3)4)14(22)11-13-16(12)23-18(21(8,9)10)24-17(13)20(5,6)7/h11H,1-10H3. The Morgan fingerprint density at radius 3 is 1.75 bits per heavy atom. The van der Waals surface area contributed by atoms with E-state index in [2.05, 4.69) is 41.5 Å². The van der Waals surface area contributed by atoms with Gasteiger partial charge in [-0.05, 0) is 29.5 Å². The fraction of sp³-hybridized carbons (Fsp3) is 0.619. The average molecular weight is 330 g/mol. The lowest BCUT2D eigenvalue weighted by Gasteiger charge is -2.28. The second-order valence-corrected chi connectivity index (χ2v) is 9.90. The van der Waals surface area contributed by atoms with Crippen molar-refractivity contribution in [2.75, 3.05) is 0 Å². The Hall–Kier alpha value is -1.51. The normalized spacial score (nSPS) is 13.6. The van der Waals surface area contributed by atoms with Gasteiger partial charge in [-0.25, -0.2) is 14.4 Å². The smallest absolute Gasteiger partial charge is 0.134 e. The Balaban J connectivity index is 3.03. The van der Waals surface area contributed by atoms with E-state index in [1.54, 1.807) is 6.07 Å². The molecule has 0 fully saturated rings. The van der Waals surface area contributed by atoms with Crippen molar-refractivity contribution in [1.29, 1.82) is 0 Å². The van der Waals surface area contributed by atoms with Gasteiger partial charge in [-0.1, -0.05) is 62.3 Å². The number of nitrogens with zero attached hydrogens (tertiary/aromatic N) is 2. The van der Waals surface area contributed by atoms with Crippen molar-refractivity contribution in [2.24, 2.45) is 0 Å². The van der Waals surface area contributed by atoms with Crippen LogP contribution in [0.15, 0.2) is 6.07 Å². The van der Waals surface area contributed by atoms with Crippen LogP contribution >= 0.6 is 0 Å². The highest BCUT2D eigenvalue weighted by Crippen LogP contribution is 2.37. The van der Waals surface area contributed by atoms with Crippen molar-refractivity contribution >= 4 is 10.9 Å². The Morgan fingerprint density at radius 2 is 1.33 bits per heavy atom. The van der Waals surface area contributed by atoms with Crippen LogP contribution in [0.25, 0.3) is 10.9 Å². The summed E-state index contributed by atoms with van der Waals surface area (Å²) in [6.45, 7) is 20.8. The van der Waals surface area contributed by atoms with Crippen LogP contribution in [0, 0.1) is 12.7 Å². The molecule has 1 aromatic heterocycles. The molecule has 2 aromatic rings. The molecule has 2 rings (SSSR count). The number of rotatable bonds is 0. The SMILES string of the molecule is Cc1c(C(C)(C)C)c(F)cc2c(C(C)(C)C)nc(C(C)(C)C)nc12. The summed E-state index contributed by atoms with van der Waals surface area (Å²) in [6.07, 6.45) is 0. The highest BCUT2D eigenvalue weighted by atomic mass is 19.1. The summed E-state index contributed by atoms with van der Waals surface area (Å²) < 4.78 is 14.9. The topological polar surface area (TPSA) is 25.8 Å². The number of hydrogen-bond donors (Lipinski definition) is 0. The van der Waals surface area contributed by atoms with Gasteiger partial charge in [-0.2, -0.15) is 0 Å². The molecule has 0 radical (unpaired) electrons. The molecule has 0 amide bonds. The molecule has 0 saturated heterocycles. The first-order valence-corrected chi connectivity index (χ1v) is 8.66. The molecule has 1 aromatic carbocycles. The third-order valence-electron chi connectivity index (χ3n) is 4.32. The number of aromatic nitrogens is 2. The van der Waals surface area contributed by atoms with Crippen molar-refractivity contribution in [3.8, 4) is 0 Å². The van der Waals surface area contributed by atoms with E-state index in [1.807, 2.05) is 27.7 Å². The second kappa shape index (κ2) is 5.50. The van der Waals surface area contributed by atoms with Gasteiger partial charge < -0.3 is 0 Å². The van der Waals surface area contributed by atoms with Crippen molar-refractivity contribution < 1.29 is 4.39 Å². The van der Waals surface area contributed by atoms with Crippen LogP contribution in [0.5, 0.6) is 0 Å². The van der Waals surface area contributed by atoms with Crippen LogP contribution in [0.4, 0.5) is 4.39 Å². The lowest BCUT2D eigenvalue weighted by atomic mass is 9.81. The Morgan fingerprint density at radius 1 is 0.792 bits per heavy atom. The van der Waals surface area contributed by atoms with Crippen LogP contribution < -0.4 is 0 Å². The third kappa shape index (κ3) is 3.31. The second-order valence-electron chi connectivity index (χ2n) is 9.90. The number of halogens is 1. The summed E-state index contributed by atoms with van der Waals surface area (Å²) in [5.74, 6) is 0.652. The molecule has 0 bridgehead atoms. The maximum Gasteiger partial charge on any atom is 0.134 e. The molecule has 0 atom stereocenters. The summed E-state index contributed by atoms with van der Waals surface area (Å²) >= 11 is 0. The predicted octanol–water partition coefficient (Wildman–Crippen LogP) is 5.97. The first kappa shape index (κ1) is 18.8. The van der Waals surface area contributed by atoms with Crippen LogP contribution in [-0.2, 0) is 16.2 Å². The lowest BCUT2D eigenvalue weighted by Crippen LogP contribution is -2.23. The first-order valence-electron chi connectivity index (χ1n) is 8.66. The summed E-state index contributed by atoms with van der Waals surface area (Å²) in [4.78, 5) is 9.70. The molecule has 0 aliphatic rings. The quantitative estimate of drug-likeness (QED) is 0.594. The van der Waals surface area contributed by atoms with E-state index >= 15 is 0 Å². The molecule has 1 heterocycles. The molecule has 0 spiro atoms. The zero-order valence-corrected chi connectivity index (χ0v) is 16.8. The van der Waals surface area contributed by atoms with E-state index in [1.165, 1.54) is 0 Å². The van der Waals surface area contributed by atoms with E-state index in [0.717, 1.165) is 33.5 Å². The van der Waals surface area contributed by atoms with Crippen molar-refractivity contribution in [2.45, 2.75) is 85.5 Å². The van der Waals surface area contributed by atoms with Gasteiger partial charge in [0, 0.05) is 16.2 Å². The molecule has 0 aliphatic heterocycles. The lowest BCUT2D eigenvalue weighted by molar-refractivity contribution is 0.512. The monoisotopic (exact) mass is 330 g/mol. The number of hydrogen-bond acceptors (Lipinski definition) is 2. The van der Waals surface area contributed by atoms with Gasteiger partial charge in [0.2, 0.25) is 0 Å². The Kier molecular flexibility index (Phi) is 4.32. The van der Waals surface area contributed by atoms with Gasteiger partial charge in [-0.3, -0.25) is 0 Å². The van der Waals surface area contributed by atoms with E-state index in [4.69, 9.17) is 9.97 Å². The predicted molar refractivity (Wildman–Crippen MR) is 100 cm³/mol. The van der Waals surface area contributed by atoms with Crippen molar-refractivity contribution in [1.82, 2.24) is 9.97 Å². The summed E-state index contributed by atoms with van der Waals surface area (Å²) in [7, 11) is 0. The Labute approximate surface area is 145 Å². The molecule has 0 N–H and O–H groups in total. The summed E-state index contributed by atoms with van der Waals surface area (Å²) in [6, 6.07) is 1.63. The van der Waals surface area contributed by atoms with E-state index in [9.17, 15) is 4.39 Å². The van der Waals surface area contributed by atoms with Gasteiger partial charge >= 0.3 is 0 Å². The maximum absolute atomic E-state index is 14.9. The molecule has 24 heavy (non-hydrogen) atoms. The molecular weight excluding hydrogens is 299 g/mol. The van der Waals surface area contributed by atoms with E-state index < -0.39 is 0 Å². The largest absolute Gasteiger partial charge is 0.236 e. The number of fused-ring (bicyclic) bond motifs is 1. The van der Waals surface area contributed by atoms with Crippen molar-refractivity contribution in [3.63, 3.8) is 0 Å². The van der Waals surface area contributed by atoms with Crippen LogP contribution in [0.2, 0.25) is 0 Å². The van der Waals surface area contributed by atoms with Crippen LogP contribution in [-0.4, -0.2) is 9.97 Å². The zero-order valence-electron chi connectivity index (χ0n) is 16.8. The fourth-order valence-electron chi connectivity index (χ4n) is 3.22. The minimum atomic E-state index is -0.267. The van der Waals surface area contributed by atoms with E-state index in [-0.39, 0.29) is 22.1 Å². The third-order valence-corrected chi connectivity index (χ3v) is 4.32. The molecule has 2 nitrogen and oxygen atoms in total. The molecule has 0 unspecified atom stereocenters. The van der Waals surface area contributed by atoms with Crippen LogP contribution in [0.3, 0.4) is 0 Å². The minimum Gasteiger partial charge on any atom is -0.236 e. The van der Waals surface area contributed by atoms with Gasteiger partial charge in [0.1, 0.15) is 11.6 Å². The first-order chi connectivity index (χ1) is 10.6. The minimum absolute atomic E-state index is 0.156. The molecule has 0 saturated carbocycles. The molecule has 3 heteroatoms. The fourth-order valence-corrected chi connectivity index (χ4v) is 3.22. The summed E-state index contributed by atoms with van der Waals surface area (Å²) in [5, 5.41) is 0.832. The highest BCUT2D eigenvalue weighted by molar-refractivity contribution is 5.86. The zero-order chi connectivity index (χ0) is 18.7. The van der Waals surface area contributed by atoms with Gasteiger partial charge in [-0.15, -0.1) is 0 Å². The van der Waals surface area contributed by atoms with Crippen molar-refractivity contribution in [3.05, 3.63) is 34.5 Å². The summed E-state index contributed by atoms with van der Waals surface area (Å²) in [5.41, 5.74) is 2.87. The highest BCUT2D eigenvalue weighted by Gasteiger charge is 2.29. The average Bonchev–Trinajstić information content (AvgIpc) is 2.33. The van der Waals surface area contributed by atoms with Gasteiger partial charge in [0.15, 0.2) is 0 Å². The van der Waals surface area contributed by atoms with E-state index in [0.29, 0.717) is 0 Å². The van der Waals surface area contributed by atoms with Gasteiger partial charge in [0.25, 0.3) is 0 Å². The molecular formula is C21H31FN2. The van der Waals surface area contributed by atoms with Gasteiger partial charge in [0.05, 0.1) is 11.2 Å². The van der Waals surface area contributed by atoms with Crippen LogP contribution in [0.1, 0.15) is 85.0 Å². The maximum atomic E-state index is 14.9. The Bertz CT molecular complexity index is 785.